The molecular weight excluding hydrogens is 152 g/mol. The first-order chi connectivity index (χ1) is 5.68. The van der Waals surface area contributed by atoms with Crippen molar-refractivity contribution < 1.29 is 4.79 Å². The third-order valence-corrected chi connectivity index (χ3v) is 1.77. The van der Waals surface area contributed by atoms with Gasteiger partial charge < -0.3 is 0 Å². The zero-order valence-electron chi connectivity index (χ0n) is 7.55. The van der Waals surface area contributed by atoms with Crippen molar-refractivity contribution in [1.82, 2.24) is 5.43 Å². The van der Waals surface area contributed by atoms with Crippen LogP contribution in [0.4, 0.5) is 0 Å². The molecule has 0 unspecified atom stereocenters. The predicted octanol–water partition coefficient (Wildman–Crippen LogP) is 1.61. The fourth-order valence-electron chi connectivity index (χ4n) is 1.22. The van der Waals surface area contributed by atoms with Crippen LogP contribution in [0.5, 0.6) is 0 Å². The van der Waals surface area contributed by atoms with E-state index in [-0.39, 0.29) is 5.91 Å². The number of amides is 1. The average Bonchev–Trinajstić information content (AvgIpc) is 2.01. The minimum Gasteiger partial charge on any atom is -0.274 e. The summed E-state index contributed by atoms with van der Waals surface area (Å²) in [6, 6.07) is 0. The minimum atomic E-state index is -0.112. The van der Waals surface area contributed by atoms with E-state index in [0.29, 0.717) is 0 Å². The first-order valence-electron chi connectivity index (χ1n) is 4.19. The number of allylic oxidation sites excluding steroid dienone is 2. The molecule has 3 nitrogen and oxygen atoms in total. The van der Waals surface area contributed by atoms with Crippen molar-refractivity contribution >= 4 is 11.6 Å². The Morgan fingerprint density at radius 1 is 1.58 bits per heavy atom. The Hall–Kier alpha value is -1.12. The van der Waals surface area contributed by atoms with Crippen LogP contribution in [0.25, 0.3) is 0 Å². The van der Waals surface area contributed by atoms with Gasteiger partial charge in [-0.25, -0.2) is 5.43 Å². The lowest BCUT2D eigenvalue weighted by atomic mass is 10.00. The number of carbonyl (C=O) groups is 1. The minimum absolute atomic E-state index is 0.112. The van der Waals surface area contributed by atoms with E-state index in [1.807, 2.05) is 6.08 Å². The lowest BCUT2D eigenvalue weighted by Crippen LogP contribution is -2.16. The van der Waals surface area contributed by atoms with Gasteiger partial charge in [0.2, 0.25) is 5.91 Å². The molecule has 3 heteroatoms. The molecule has 1 aliphatic carbocycles. The monoisotopic (exact) mass is 166 g/mol. The number of hydrazone groups is 1. The lowest BCUT2D eigenvalue weighted by Gasteiger charge is -2.09. The van der Waals surface area contributed by atoms with Crippen LogP contribution in [0.2, 0.25) is 0 Å². The van der Waals surface area contributed by atoms with E-state index in [2.05, 4.69) is 17.5 Å². The van der Waals surface area contributed by atoms with Crippen LogP contribution in [0.15, 0.2) is 16.8 Å². The van der Waals surface area contributed by atoms with Crippen molar-refractivity contribution in [3.63, 3.8) is 0 Å². The first kappa shape index (κ1) is 8.97. The van der Waals surface area contributed by atoms with Crippen LogP contribution in [-0.4, -0.2) is 11.6 Å². The van der Waals surface area contributed by atoms with Crippen LogP contribution in [0.3, 0.4) is 0 Å². The van der Waals surface area contributed by atoms with Crippen molar-refractivity contribution in [2.24, 2.45) is 5.10 Å². The van der Waals surface area contributed by atoms with Crippen LogP contribution in [-0.2, 0) is 4.79 Å². The number of hydrogen-bond acceptors (Lipinski definition) is 2. The van der Waals surface area contributed by atoms with Gasteiger partial charge in [0, 0.05) is 6.92 Å². The zero-order valence-corrected chi connectivity index (χ0v) is 7.55. The highest BCUT2D eigenvalue weighted by Crippen LogP contribution is 2.14. The van der Waals surface area contributed by atoms with Crippen molar-refractivity contribution in [2.75, 3.05) is 0 Å². The molecule has 0 radical (unpaired) electrons. The van der Waals surface area contributed by atoms with E-state index in [9.17, 15) is 4.79 Å². The van der Waals surface area contributed by atoms with Crippen molar-refractivity contribution in [3.8, 4) is 0 Å². The topological polar surface area (TPSA) is 41.5 Å². The fourth-order valence-corrected chi connectivity index (χ4v) is 1.22. The molecule has 0 aliphatic heterocycles. The number of nitrogens with zero attached hydrogens (tertiary/aromatic N) is 1. The molecule has 0 aromatic heterocycles. The Morgan fingerprint density at radius 2 is 2.33 bits per heavy atom. The van der Waals surface area contributed by atoms with E-state index < -0.39 is 0 Å². The molecule has 1 N–H and O–H groups in total. The van der Waals surface area contributed by atoms with Gasteiger partial charge in [-0.2, -0.15) is 5.10 Å². The SMILES string of the molecule is CC(=O)N/N=C1/C=C(C)CCC1. The number of rotatable bonds is 1. The van der Waals surface area contributed by atoms with Gasteiger partial charge in [0.05, 0.1) is 5.71 Å². The summed E-state index contributed by atoms with van der Waals surface area (Å²) in [7, 11) is 0. The Labute approximate surface area is 72.5 Å². The average molecular weight is 166 g/mol. The lowest BCUT2D eigenvalue weighted by molar-refractivity contribution is -0.118. The van der Waals surface area contributed by atoms with Gasteiger partial charge in [0.1, 0.15) is 0 Å². The van der Waals surface area contributed by atoms with E-state index >= 15 is 0 Å². The van der Waals surface area contributed by atoms with E-state index in [0.717, 1.165) is 25.0 Å². The number of carbonyl (C=O) groups excluding carboxylic acids is 1. The smallest absolute Gasteiger partial charge is 0.236 e. The molecule has 0 aromatic rings. The molecule has 0 spiro atoms. The second kappa shape index (κ2) is 4.04. The molecular formula is C9H14N2O. The van der Waals surface area contributed by atoms with Crippen LogP contribution < -0.4 is 5.43 Å². The highest BCUT2D eigenvalue weighted by atomic mass is 16.2. The molecule has 0 aromatic carbocycles. The third kappa shape index (κ3) is 2.86. The molecule has 0 bridgehead atoms. The molecule has 0 fully saturated rings. The highest BCUT2D eigenvalue weighted by molar-refractivity contribution is 5.96. The molecule has 0 heterocycles. The van der Waals surface area contributed by atoms with Crippen LogP contribution in [0.1, 0.15) is 33.1 Å². The number of hydrogen-bond donors (Lipinski definition) is 1. The maximum Gasteiger partial charge on any atom is 0.236 e. The normalized spacial score (nSPS) is 20.5. The fraction of sp³-hybridized carbons (Fsp3) is 0.556. The van der Waals surface area contributed by atoms with Gasteiger partial charge in [-0.15, -0.1) is 0 Å². The maximum absolute atomic E-state index is 10.5. The summed E-state index contributed by atoms with van der Waals surface area (Å²) in [5.41, 5.74) is 4.76. The van der Waals surface area contributed by atoms with Gasteiger partial charge in [-0.3, -0.25) is 4.79 Å². The van der Waals surface area contributed by atoms with Gasteiger partial charge in [-0.05, 0) is 32.3 Å². The van der Waals surface area contributed by atoms with Gasteiger partial charge >= 0.3 is 0 Å². The summed E-state index contributed by atoms with van der Waals surface area (Å²) in [6.45, 7) is 3.55. The molecule has 12 heavy (non-hydrogen) atoms. The van der Waals surface area contributed by atoms with Crippen LogP contribution in [0, 0.1) is 0 Å². The molecule has 1 rings (SSSR count). The maximum atomic E-state index is 10.5. The van der Waals surface area contributed by atoms with Gasteiger partial charge in [-0.1, -0.05) is 5.57 Å². The van der Waals surface area contributed by atoms with Gasteiger partial charge in [0.15, 0.2) is 0 Å². The largest absolute Gasteiger partial charge is 0.274 e. The summed E-state index contributed by atoms with van der Waals surface area (Å²) >= 11 is 0. The van der Waals surface area contributed by atoms with E-state index in [4.69, 9.17) is 0 Å². The first-order valence-corrected chi connectivity index (χ1v) is 4.19. The predicted molar refractivity (Wildman–Crippen MR) is 48.9 cm³/mol. The van der Waals surface area contributed by atoms with Crippen molar-refractivity contribution in [3.05, 3.63) is 11.6 Å². The standard InChI is InChI=1S/C9H14N2O/c1-7-4-3-5-9(6-7)11-10-8(2)12/h6H,3-5H2,1-2H3,(H,10,12)/b11-9+. The van der Waals surface area contributed by atoms with E-state index in [1.165, 1.54) is 12.5 Å². The Balaban J connectivity index is 2.56. The molecule has 1 aliphatic rings. The third-order valence-electron chi connectivity index (χ3n) is 1.77. The summed E-state index contributed by atoms with van der Waals surface area (Å²) in [5, 5.41) is 3.97. The molecule has 0 saturated heterocycles. The summed E-state index contributed by atoms with van der Waals surface area (Å²) in [6.07, 6.45) is 5.30. The second-order valence-corrected chi connectivity index (χ2v) is 3.12. The molecule has 1 amide bonds. The Morgan fingerprint density at radius 3 is 2.92 bits per heavy atom. The molecule has 0 saturated carbocycles. The zero-order chi connectivity index (χ0) is 8.97. The van der Waals surface area contributed by atoms with Gasteiger partial charge in [0.25, 0.3) is 0 Å². The number of nitrogens with one attached hydrogen (secondary N) is 1. The quantitative estimate of drug-likeness (QED) is 0.591. The summed E-state index contributed by atoms with van der Waals surface area (Å²) in [5.74, 6) is -0.112. The summed E-state index contributed by atoms with van der Waals surface area (Å²) < 4.78 is 0. The van der Waals surface area contributed by atoms with Crippen molar-refractivity contribution in [1.29, 1.82) is 0 Å². The van der Waals surface area contributed by atoms with Crippen LogP contribution >= 0.6 is 0 Å². The Kier molecular flexibility index (Phi) is 3.02. The molecule has 0 atom stereocenters. The highest BCUT2D eigenvalue weighted by Gasteiger charge is 2.04. The summed E-state index contributed by atoms with van der Waals surface area (Å²) in [4.78, 5) is 10.5. The molecule has 66 valence electrons. The second-order valence-electron chi connectivity index (χ2n) is 3.12. The van der Waals surface area contributed by atoms with E-state index in [1.54, 1.807) is 0 Å². The Bertz CT molecular complexity index is 241. The van der Waals surface area contributed by atoms with Crippen molar-refractivity contribution in [2.45, 2.75) is 33.1 Å².